The molecule has 0 spiro atoms. The van der Waals surface area contributed by atoms with Crippen molar-refractivity contribution >= 4 is 17.1 Å². The summed E-state index contributed by atoms with van der Waals surface area (Å²) in [6.07, 6.45) is 0.953. The SMILES string of the molecule is CCCN(CCN(C)C)c1cccc(NC)c1[N+](=O)[O-]. The Bertz CT molecular complexity index is 449. The molecule has 1 rings (SSSR count). The van der Waals surface area contributed by atoms with Crippen LogP contribution in [0.2, 0.25) is 0 Å². The van der Waals surface area contributed by atoms with Crippen molar-refractivity contribution in [2.75, 3.05) is 51.0 Å². The zero-order valence-electron chi connectivity index (χ0n) is 12.7. The van der Waals surface area contributed by atoms with Gasteiger partial charge in [0.2, 0.25) is 0 Å². The molecule has 0 amide bonds. The van der Waals surface area contributed by atoms with Gasteiger partial charge in [-0.15, -0.1) is 0 Å². The van der Waals surface area contributed by atoms with Gasteiger partial charge in [-0.25, -0.2) is 0 Å². The smallest absolute Gasteiger partial charge is 0.315 e. The van der Waals surface area contributed by atoms with Gasteiger partial charge in [-0.05, 0) is 32.6 Å². The fraction of sp³-hybridized carbons (Fsp3) is 0.571. The molecular weight excluding hydrogens is 256 g/mol. The zero-order chi connectivity index (χ0) is 15.1. The maximum absolute atomic E-state index is 11.4. The van der Waals surface area contributed by atoms with Gasteiger partial charge in [0, 0.05) is 26.7 Å². The second-order valence-corrected chi connectivity index (χ2v) is 4.97. The minimum atomic E-state index is -0.306. The number of benzene rings is 1. The van der Waals surface area contributed by atoms with Gasteiger partial charge in [-0.3, -0.25) is 10.1 Å². The van der Waals surface area contributed by atoms with Crippen LogP contribution in [0.25, 0.3) is 0 Å². The first-order valence-electron chi connectivity index (χ1n) is 6.86. The number of anilines is 2. The van der Waals surface area contributed by atoms with Gasteiger partial charge in [0.05, 0.1) is 4.92 Å². The number of para-hydroxylation sites is 1. The molecule has 112 valence electrons. The van der Waals surface area contributed by atoms with Crippen LogP contribution < -0.4 is 10.2 Å². The molecule has 0 aliphatic heterocycles. The summed E-state index contributed by atoms with van der Waals surface area (Å²) in [7, 11) is 5.71. The number of likely N-dealkylation sites (N-methyl/N-ethyl adjacent to an activating group) is 1. The summed E-state index contributed by atoms with van der Waals surface area (Å²) in [6.45, 7) is 4.52. The molecule has 0 unspecified atom stereocenters. The molecule has 0 atom stereocenters. The predicted octanol–water partition coefficient (Wildman–Crippen LogP) is 2.41. The number of hydrogen-bond acceptors (Lipinski definition) is 5. The minimum Gasteiger partial charge on any atom is -0.382 e. The first kappa shape index (κ1) is 16.2. The van der Waals surface area contributed by atoms with E-state index in [1.54, 1.807) is 13.1 Å². The van der Waals surface area contributed by atoms with E-state index in [4.69, 9.17) is 0 Å². The van der Waals surface area contributed by atoms with Crippen LogP contribution >= 0.6 is 0 Å². The van der Waals surface area contributed by atoms with Gasteiger partial charge >= 0.3 is 5.69 Å². The molecule has 0 radical (unpaired) electrons. The van der Waals surface area contributed by atoms with E-state index in [2.05, 4.69) is 22.0 Å². The van der Waals surface area contributed by atoms with E-state index in [-0.39, 0.29) is 10.6 Å². The van der Waals surface area contributed by atoms with Crippen molar-refractivity contribution < 1.29 is 4.92 Å². The molecule has 0 aliphatic carbocycles. The molecule has 1 N–H and O–H groups in total. The Kier molecular flexibility index (Phi) is 6.24. The highest BCUT2D eigenvalue weighted by Crippen LogP contribution is 2.35. The Hall–Kier alpha value is -1.82. The second kappa shape index (κ2) is 7.69. The predicted molar refractivity (Wildman–Crippen MR) is 83.7 cm³/mol. The molecule has 0 bridgehead atoms. The summed E-state index contributed by atoms with van der Waals surface area (Å²) in [5.74, 6) is 0. The number of nitro groups is 1. The van der Waals surface area contributed by atoms with Crippen LogP contribution in [-0.2, 0) is 0 Å². The van der Waals surface area contributed by atoms with E-state index in [1.807, 2.05) is 26.2 Å². The highest BCUT2D eigenvalue weighted by Gasteiger charge is 2.22. The molecule has 6 nitrogen and oxygen atoms in total. The first-order valence-corrected chi connectivity index (χ1v) is 6.86. The Balaban J connectivity index is 3.14. The molecule has 0 saturated heterocycles. The normalized spacial score (nSPS) is 10.7. The van der Waals surface area contributed by atoms with Crippen LogP contribution in [-0.4, -0.2) is 50.6 Å². The Morgan fingerprint density at radius 1 is 1.25 bits per heavy atom. The average molecular weight is 280 g/mol. The fourth-order valence-corrected chi connectivity index (χ4v) is 2.12. The standard InChI is InChI=1S/C14H24N4O2/c1-5-9-17(11-10-16(3)4)13-8-6-7-12(15-2)14(13)18(19)20/h6-8,15H,5,9-11H2,1-4H3. The van der Waals surface area contributed by atoms with E-state index < -0.39 is 0 Å². The average Bonchev–Trinajstić information content (AvgIpc) is 2.42. The molecule has 20 heavy (non-hydrogen) atoms. The molecule has 0 saturated carbocycles. The van der Waals surface area contributed by atoms with Crippen LogP contribution in [0.3, 0.4) is 0 Å². The fourth-order valence-electron chi connectivity index (χ4n) is 2.12. The van der Waals surface area contributed by atoms with Gasteiger partial charge in [-0.2, -0.15) is 0 Å². The molecular formula is C14H24N4O2. The highest BCUT2D eigenvalue weighted by atomic mass is 16.6. The molecule has 1 aromatic carbocycles. The summed E-state index contributed by atoms with van der Waals surface area (Å²) >= 11 is 0. The van der Waals surface area contributed by atoms with Crippen molar-refractivity contribution in [1.29, 1.82) is 0 Å². The van der Waals surface area contributed by atoms with Crippen molar-refractivity contribution in [2.45, 2.75) is 13.3 Å². The maximum Gasteiger partial charge on any atom is 0.315 e. The van der Waals surface area contributed by atoms with Crippen molar-refractivity contribution in [3.63, 3.8) is 0 Å². The Labute approximate surface area is 120 Å². The summed E-state index contributed by atoms with van der Waals surface area (Å²) in [5, 5.41) is 14.3. The van der Waals surface area contributed by atoms with E-state index in [1.165, 1.54) is 0 Å². The second-order valence-electron chi connectivity index (χ2n) is 4.97. The molecule has 0 aromatic heterocycles. The lowest BCUT2D eigenvalue weighted by Crippen LogP contribution is -2.32. The van der Waals surface area contributed by atoms with Gasteiger partial charge in [-0.1, -0.05) is 13.0 Å². The topological polar surface area (TPSA) is 61.6 Å². The number of hydrogen-bond donors (Lipinski definition) is 1. The van der Waals surface area contributed by atoms with Gasteiger partial charge in [0.1, 0.15) is 11.4 Å². The van der Waals surface area contributed by atoms with Crippen molar-refractivity contribution in [3.8, 4) is 0 Å². The molecule has 0 aliphatic rings. The van der Waals surface area contributed by atoms with Gasteiger partial charge in [0.25, 0.3) is 0 Å². The third-order valence-corrected chi connectivity index (χ3v) is 3.12. The number of rotatable bonds is 8. The lowest BCUT2D eigenvalue weighted by molar-refractivity contribution is -0.383. The summed E-state index contributed by atoms with van der Waals surface area (Å²) in [6, 6.07) is 5.41. The lowest BCUT2D eigenvalue weighted by atomic mass is 10.2. The molecule has 6 heteroatoms. The van der Waals surface area contributed by atoms with Gasteiger partial charge < -0.3 is 15.1 Å². The van der Waals surface area contributed by atoms with Crippen LogP contribution in [0.1, 0.15) is 13.3 Å². The van der Waals surface area contributed by atoms with Crippen molar-refractivity contribution in [1.82, 2.24) is 4.90 Å². The lowest BCUT2D eigenvalue weighted by Gasteiger charge is -2.26. The highest BCUT2D eigenvalue weighted by molar-refractivity contribution is 5.76. The number of nitro benzene ring substituents is 1. The third kappa shape index (κ3) is 4.09. The first-order chi connectivity index (χ1) is 9.51. The monoisotopic (exact) mass is 280 g/mol. The Morgan fingerprint density at radius 2 is 1.95 bits per heavy atom. The largest absolute Gasteiger partial charge is 0.382 e. The summed E-state index contributed by atoms with van der Waals surface area (Å²) in [5.41, 5.74) is 1.39. The van der Waals surface area contributed by atoms with Gasteiger partial charge in [0.15, 0.2) is 0 Å². The summed E-state index contributed by atoms with van der Waals surface area (Å²) in [4.78, 5) is 15.2. The number of nitrogens with zero attached hydrogens (tertiary/aromatic N) is 3. The van der Waals surface area contributed by atoms with E-state index in [0.717, 1.165) is 26.1 Å². The van der Waals surface area contributed by atoms with Crippen LogP contribution in [0, 0.1) is 10.1 Å². The minimum absolute atomic E-state index is 0.155. The molecule has 0 fully saturated rings. The van der Waals surface area contributed by atoms with E-state index >= 15 is 0 Å². The number of nitrogens with one attached hydrogen (secondary N) is 1. The Morgan fingerprint density at radius 3 is 2.45 bits per heavy atom. The molecule has 0 heterocycles. The van der Waals surface area contributed by atoms with Crippen LogP contribution in [0.5, 0.6) is 0 Å². The summed E-state index contributed by atoms with van der Waals surface area (Å²) < 4.78 is 0. The zero-order valence-corrected chi connectivity index (χ0v) is 12.7. The van der Waals surface area contributed by atoms with E-state index in [0.29, 0.717) is 11.4 Å². The van der Waals surface area contributed by atoms with E-state index in [9.17, 15) is 10.1 Å². The third-order valence-electron chi connectivity index (χ3n) is 3.12. The van der Waals surface area contributed by atoms with Crippen LogP contribution in [0.15, 0.2) is 18.2 Å². The van der Waals surface area contributed by atoms with Crippen molar-refractivity contribution in [2.24, 2.45) is 0 Å². The quantitative estimate of drug-likeness (QED) is 0.585. The maximum atomic E-state index is 11.4. The van der Waals surface area contributed by atoms with Crippen LogP contribution in [0.4, 0.5) is 17.1 Å². The molecule has 1 aromatic rings. The van der Waals surface area contributed by atoms with Crippen molar-refractivity contribution in [3.05, 3.63) is 28.3 Å².